The van der Waals surface area contributed by atoms with Crippen molar-refractivity contribution in [2.24, 2.45) is 0 Å². The number of methoxy groups -OCH3 is 1. The lowest BCUT2D eigenvalue weighted by atomic mass is 10.0. The van der Waals surface area contributed by atoms with Crippen LogP contribution in [0.25, 0.3) is 10.6 Å². The number of aromatic nitrogens is 2. The molecule has 0 radical (unpaired) electrons. The summed E-state index contributed by atoms with van der Waals surface area (Å²) in [6.45, 7) is 3.43. The number of likely N-dealkylation sites (tertiary alicyclic amines) is 1. The molecule has 1 fully saturated rings. The van der Waals surface area contributed by atoms with E-state index in [-0.39, 0.29) is 11.9 Å². The molecule has 0 spiro atoms. The molecular weight excluding hydrogens is 456 g/mol. The summed E-state index contributed by atoms with van der Waals surface area (Å²) in [4.78, 5) is 16.8. The number of ether oxygens (including phenoxy) is 1. The Hall–Kier alpha value is -3.42. The first-order valence-electron chi connectivity index (χ1n) is 12.0. The molecule has 1 aliphatic heterocycles. The van der Waals surface area contributed by atoms with E-state index in [1.165, 1.54) is 5.56 Å². The maximum Gasteiger partial charge on any atom is 0.255 e. The number of rotatable bonds is 8. The van der Waals surface area contributed by atoms with Crippen molar-refractivity contribution in [3.8, 4) is 16.3 Å². The van der Waals surface area contributed by atoms with Crippen molar-refractivity contribution in [2.45, 2.75) is 32.0 Å². The smallest absolute Gasteiger partial charge is 0.255 e. The Bertz CT molecular complexity index is 1250. The van der Waals surface area contributed by atoms with Gasteiger partial charge in [0.05, 0.1) is 24.1 Å². The van der Waals surface area contributed by atoms with Crippen molar-refractivity contribution in [1.29, 1.82) is 0 Å². The van der Waals surface area contributed by atoms with E-state index in [0.717, 1.165) is 54.4 Å². The van der Waals surface area contributed by atoms with Crippen LogP contribution in [0.15, 0.2) is 78.3 Å². The number of amides is 1. The molecule has 1 amide bonds. The molecule has 1 aliphatic rings. The number of carbonyl (C=O) groups excluding carboxylic acids is 1. The van der Waals surface area contributed by atoms with Gasteiger partial charge >= 0.3 is 0 Å². The second-order valence-corrected chi connectivity index (χ2v) is 9.87. The lowest BCUT2D eigenvalue weighted by Gasteiger charge is -2.32. The third-order valence-corrected chi connectivity index (χ3v) is 7.29. The van der Waals surface area contributed by atoms with Crippen molar-refractivity contribution in [2.75, 3.05) is 20.2 Å². The Balaban J connectivity index is 1.23. The first-order chi connectivity index (χ1) is 17.2. The molecule has 4 aromatic rings. The molecule has 0 aliphatic carbocycles. The zero-order chi connectivity index (χ0) is 24.0. The van der Waals surface area contributed by atoms with Gasteiger partial charge in [-0.05, 0) is 47.5 Å². The minimum absolute atomic E-state index is 0.0426. The van der Waals surface area contributed by atoms with E-state index in [2.05, 4.69) is 34.5 Å². The number of benzene rings is 2. The molecule has 3 heterocycles. The summed E-state index contributed by atoms with van der Waals surface area (Å²) in [7, 11) is 1.70. The van der Waals surface area contributed by atoms with E-state index < -0.39 is 0 Å². The Labute approximate surface area is 210 Å². The molecule has 2 aromatic carbocycles. The van der Waals surface area contributed by atoms with E-state index in [1.54, 1.807) is 18.4 Å². The first kappa shape index (κ1) is 23.3. The average molecular weight is 487 g/mol. The van der Waals surface area contributed by atoms with Gasteiger partial charge in [-0.1, -0.05) is 48.5 Å². The number of hydrogen-bond donors (Lipinski definition) is 1. The lowest BCUT2D eigenvalue weighted by Crippen LogP contribution is -2.44. The normalized spacial score (nSPS) is 14.7. The standard InChI is InChI=1S/C28H30N4O2S/c1-34-24-10-5-9-22(17-24)18-31-14-12-23(13-15-31)29-28(33)25-20-32(19-21-7-3-2-4-8-21)30-27(25)26-11-6-16-35-26/h2-11,16-17,20,23H,12-15,18-19H2,1H3,(H,29,33). The summed E-state index contributed by atoms with van der Waals surface area (Å²) in [6.07, 6.45) is 3.75. The summed E-state index contributed by atoms with van der Waals surface area (Å²) in [5, 5.41) is 10.1. The van der Waals surface area contributed by atoms with E-state index in [1.807, 2.05) is 58.7 Å². The number of nitrogens with one attached hydrogen (secondary N) is 1. The number of hydrogen-bond acceptors (Lipinski definition) is 5. The van der Waals surface area contributed by atoms with Gasteiger partial charge in [-0.15, -0.1) is 11.3 Å². The lowest BCUT2D eigenvalue weighted by molar-refractivity contribution is 0.0909. The van der Waals surface area contributed by atoms with Gasteiger partial charge in [-0.3, -0.25) is 14.4 Å². The van der Waals surface area contributed by atoms with Crippen LogP contribution in [0, 0.1) is 0 Å². The molecule has 6 nitrogen and oxygen atoms in total. The fraction of sp³-hybridized carbons (Fsp3) is 0.286. The van der Waals surface area contributed by atoms with Gasteiger partial charge in [0.2, 0.25) is 0 Å². The van der Waals surface area contributed by atoms with Crippen LogP contribution < -0.4 is 10.1 Å². The Kier molecular flexibility index (Phi) is 7.25. The van der Waals surface area contributed by atoms with Crippen LogP contribution in [-0.2, 0) is 13.1 Å². The number of piperidine rings is 1. The van der Waals surface area contributed by atoms with Gasteiger partial charge in [0, 0.05) is 31.9 Å². The van der Waals surface area contributed by atoms with Gasteiger partial charge in [0.1, 0.15) is 11.4 Å². The summed E-state index contributed by atoms with van der Waals surface area (Å²) in [5.74, 6) is 0.845. The SMILES string of the molecule is COc1cccc(CN2CCC(NC(=O)c3cn(Cc4ccccc4)nc3-c3cccs3)CC2)c1. The Morgan fingerprint density at radius 1 is 1.03 bits per heavy atom. The molecule has 0 saturated carbocycles. The maximum absolute atomic E-state index is 13.4. The highest BCUT2D eigenvalue weighted by Gasteiger charge is 2.24. The molecule has 1 N–H and O–H groups in total. The zero-order valence-electron chi connectivity index (χ0n) is 19.9. The number of carbonyl (C=O) groups is 1. The fourth-order valence-corrected chi connectivity index (χ4v) is 5.29. The summed E-state index contributed by atoms with van der Waals surface area (Å²) in [6, 6.07) is 22.6. The predicted octanol–water partition coefficient (Wildman–Crippen LogP) is 5.06. The fourth-order valence-electron chi connectivity index (χ4n) is 4.56. The van der Waals surface area contributed by atoms with Gasteiger partial charge in [0.15, 0.2) is 0 Å². The highest BCUT2D eigenvalue weighted by atomic mass is 32.1. The molecule has 5 rings (SSSR count). The maximum atomic E-state index is 13.4. The van der Waals surface area contributed by atoms with Crippen LogP contribution in [0.2, 0.25) is 0 Å². The molecule has 0 unspecified atom stereocenters. The van der Waals surface area contributed by atoms with Gasteiger partial charge in [-0.25, -0.2) is 0 Å². The van der Waals surface area contributed by atoms with E-state index in [4.69, 9.17) is 9.84 Å². The Morgan fingerprint density at radius 2 is 1.83 bits per heavy atom. The predicted molar refractivity (Wildman–Crippen MR) is 140 cm³/mol. The van der Waals surface area contributed by atoms with E-state index in [9.17, 15) is 4.79 Å². The second-order valence-electron chi connectivity index (χ2n) is 8.93. The molecule has 2 aromatic heterocycles. The zero-order valence-corrected chi connectivity index (χ0v) is 20.7. The topological polar surface area (TPSA) is 59.4 Å². The third kappa shape index (κ3) is 5.81. The molecule has 1 saturated heterocycles. The quantitative estimate of drug-likeness (QED) is 0.378. The third-order valence-electron chi connectivity index (χ3n) is 6.41. The van der Waals surface area contributed by atoms with Crippen LogP contribution in [0.5, 0.6) is 5.75 Å². The van der Waals surface area contributed by atoms with Crippen molar-refractivity contribution in [3.05, 3.63) is 95.0 Å². The van der Waals surface area contributed by atoms with Crippen molar-refractivity contribution in [3.63, 3.8) is 0 Å². The monoisotopic (exact) mass is 486 g/mol. The molecule has 180 valence electrons. The molecular formula is C28H30N4O2S. The van der Waals surface area contributed by atoms with Gasteiger partial charge in [-0.2, -0.15) is 5.10 Å². The van der Waals surface area contributed by atoms with Crippen molar-refractivity contribution in [1.82, 2.24) is 20.0 Å². The number of thiophene rings is 1. The van der Waals surface area contributed by atoms with Crippen LogP contribution in [-0.4, -0.2) is 46.8 Å². The summed E-state index contributed by atoms with van der Waals surface area (Å²) < 4.78 is 7.22. The average Bonchev–Trinajstić information content (AvgIpc) is 3.56. The van der Waals surface area contributed by atoms with Crippen LogP contribution >= 0.6 is 11.3 Å². The van der Waals surface area contributed by atoms with Gasteiger partial charge in [0.25, 0.3) is 5.91 Å². The molecule has 0 atom stereocenters. The Morgan fingerprint density at radius 3 is 2.57 bits per heavy atom. The van der Waals surface area contributed by atoms with E-state index >= 15 is 0 Å². The van der Waals surface area contributed by atoms with Crippen molar-refractivity contribution < 1.29 is 9.53 Å². The van der Waals surface area contributed by atoms with Crippen LogP contribution in [0.3, 0.4) is 0 Å². The largest absolute Gasteiger partial charge is 0.497 e. The van der Waals surface area contributed by atoms with Gasteiger partial charge < -0.3 is 10.1 Å². The molecule has 7 heteroatoms. The van der Waals surface area contributed by atoms with Crippen LogP contribution in [0.1, 0.15) is 34.3 Å². The second kappa shape index (κ2) is 10.9. The first-order valence-corrected chi connectivity index (χ1v) is 12.9. The van der Waals surface area contributed by atoms with E-state index in [0.29, 0.717) is 12.1 Å². The highest BCUT2D eigenvalue weighted by Crippen LogP contribution is 2.27. The minimum atomic E-state index is -0.0426. The highest BCUT2D eigenvalue weighted by molar-refractivity contribution is 7.13. The summed E-state index contributed by atoms with van der Waals surface area (Å²) >= 11 is 1.61. The van der Waals surface area contributed by atoms with Crippen molar-refractivity contribution >= 4 is 17.2 Å². The summed E-state index contributed by atoms with van der Waals surface area (Å²) in [5.41, 5.74) is 3.80. The number of nitrogens with zero attached hydrogens (tertiary/aromatic N) is 3. The van der Waals surface area contributed by atoms with Crippen LogP contribution in [0.4, 0.5) is 0 Å². The molecule has 35 heavy (non-hydrogen) atoms. The minimum Gasteiger partial charge on any atom is -0.497 e. The molecule has 0 bridgehead atoms.